The average Bonchev–Trinajstić information content (AvgIpc) is 3.18. The van der Waals surface area contributed by atoms with Crippen molar-refractivity contribution in [3.05, 3.63) is 82.4 Å². The number of benzene rings is 2. The van der Waals surface area contributed by atoms with Gasteiger partial charge in [-0.05, 0) is 17.7 Å². The quantitative estimate of drug-likeness (QED) is 0.397. The molecule has 9 heteroatoms. The van der Waals surface area contributed by atoms with E-state index in [1.165, 1.54) is 10.9 Å². The van der Waals surface area contributed by atoms with Crippen LogP contribution >= 0.6 is 0 Å². The van der Waals surface area contributed by atoms with E-state index in [0.717, 1.165) is 37.6 Å². The molecule has 2 aromatic heterocycles. The Morgan fingerprint density at radius 3 is 2.63 bits per heavy atom. The Kier molecular flexibility index (Phi) is 6.24. The summed E-state index contributed by atoms with van der Waals surface area (Å²) in [5, 5.41) is 3.35. The average molecular weight is 473 g/mol. The number of ether oxygens (including phenoxy) is 1. The number of piperazine rings is 1. The minimum atomic E-state index is -0.296. The Bertz CT molecular complexity index is 1420. The molecule has 1 saturated heterocycles. The van der Waals surface area contributed by atoms with Crippen molar-refractivity contribution in [2.24, 2.45) is 0 Å². The van der Waals surface area contributed by atoms with Crippen molar-refractivity contribution >= 4 is 28.3 Å². The molecule has 0 unspecified atom stereocenters. The predicted molar refractivity (Wildman–Crippen MR) is 136 cm³/mol. The SMILES string of the molecule is COc1cccc(C(=O)Cn2cnc3c(N)c(N4CCNCC4)n(Cc4ccccc4)c3c2=O)c1. The normalized spacial score (nSPS) is 13.8. The molecule has 0 atom stereocenters. The molecule has 0 saturated carbocycles. The molecule has 4 aromatic rings. The molecular weight excluding hydrogens is 444 g/mol. The van der Waals surface area contributed by atoms with Gasteiger partial charge < -0.3 is 25.3 Å². The van der Waals surface area contributed by atoms with E-state index in [-0.39, 0.29) is 17.9 Å². The predicted octanol–water partition coefficient (Wildman–Crippen LogP) is 2.13. The highest BCUT2D eigenvalue weighted by molar-refractivity contribution is 5.98. The van der Waals surface area contributed by atoms with Crippen LogP contribution in [0.15, 0.2) is 65.7 Å². The zero-order valence-electron chi connectivity index (χ0n) is 19.6. The van der Waals surface area contributed by atoms with Crippen molar-refractivity contribution in [1.29, 1.82) is 0 Å². The Labute approximate surface area is 202 Å². The summed E-state index contributed by atoms with van der Waals surface area (Å²) in [6.07, 6.45) is 1.41. The first-order valence-electron chi connectivity index (χ1n) is 11.6. The van der Waals surface area contributed by atoms with Gasteiger partial charge >= 0.3 is 0 Å². The van der Waals surface area contributed by atoms with Crippen molar-refractivity contribution in [3.63, 3.8) is 0 Å². The molecule has 3 heterocycles. The summed E-state index contributed by atoms with van der Waals surface area (Å²) < 4.78 is 8.53. The molecule has 0 radical (unpaired) electrons. The summed E-state index contributed by atoms with van der Waals surface area (Å²) in [5.74, 6) is 1.18. The molecule has 3 N–H and O–H groups in total. The number of nitrogen functional groups attached to an aromatic ring is 1. The van der Waals surface area contributed by atoms with Crippen LogP contribution < -0.4 is 26.2 Å². The molecule has 1 aliphatic rings. The summed E-state index contributed by atoms with van der Waals surface area (Å²) in [6, 6.07) is 16.8. The van der Waals surface area contributed by atoms with Crippen LogP contribution in [0.5, 0.6) is 5.75 Å². The van der Waals surface area contributed by atoms with E-state index >= 15 is 0 Å². The lowest BCUT2D eigenvalue weighted by molar-refractivity contribution is 0.0970. The van der Waals surface area contributed by atoms with Crippen molar-refractivity contribution in [3.8, 4) is 5.75 Å². The van der Waals surface area contributed by atoms with Gasteiger partial charge in [-0.2, -0.15) is 0 Å². The summed E-state index contributed by atoms with van der Waals surface area (Å²) >= 11 is 0. The van der Waals surface area contributed by atoms with Crippen LogP contribution in [0.25, 0.3) is 11.0 Å². The Morgan fingerprint density at radius 1 is 1.11 bits per heavy atom. The van der Waals surface area contributed by atoms with E-state index in [1.807, 2.05) is 34.9 Å². The lowest BCUT2D eigenvalue weighted by Crippen LogP contribution is -2.44. The van der Waals surface area contributed by atoms with Gasteiger partial charge in [0.1, 0.15) is 28.3 Å². The maximum Gasteiger partial charge on any atom is 0.278 e. The number of ketones is 1. The van der Waals surface area contributed by atoms with E-state index in [9.17, 15) is 9.59 Å². The van der Waals surface area contributed by atoms with Crippen LogP contribution in [0.1, 0.15) is 15.9 Å². The maximum atomic E-state index is 13.7. The number of carbonyl (C=O) groups excluding carboxylic acids is 1. The zero-order valence-corrected chi connectivity index (χ0v) is 19.6. The molecule has 5 rings (SSSR count). The first-order chi connectivity index (χ1) is 17.1. The maximum absolute atomic E-state index is 13.7. The van der Waals surface area contributed by atoms with Crippen LogP contribution in [0.2, 0.25) is 0 Å². The van der Waals surface area contributed by atoms with E-state index in [0.29, 0.717) is 34.6 Å². The minimum Gasteiger partial charge on any atom is -0.497 e. The second-order valence-corrected chi connectivity index (χ2v) is 8.58. The molecule has 0 aliphatic carbocycles. The molecule has 180 valence electrons. The number of nitrogens with one attached hydrogen (secondary N) is 1. The number of aromatic nitrogens is 3. The minimum absolute atomic E-state index is 0.131. The van der Waals surface area contributed by atoms with E-state index in [2.05, 4.69) is 15.2 Å². The van der Waals surface area contributed by atoms with Crippen molar-refractivity contribution < 1.29 is 9.53 Å². The van der Waals surface area contributed by atoms with Gasteiger partial charge in [-0.25, -0.2) is 4.98 Å². The number of Topliss-reactive ketones (excluding diaryl/α,β-unsaturated/α-hetero) is 1. The molecule has 0 amide bonds. The lowest BCUT2D eigenvalue weighted by Gasteiger charge is -2.30. The number of carbonyl (C=O) groups is 1. The number of methoxy groups -OCH3 is 1. The van der Waals surface area contributed by atoms with E-state index in [1.54, 1.807) is 31.4 Å². The first kappa shape index (κ1) is 22.7. The first-order valence-corrected chi connectivity index (χ1v) is 11.6. The molecular formula is C26H28N6O3. The molecule has 0 spiro atoms. The fourth-order valence-electron chi connectivity index (χ4n) is 4.57. The Balaban J connectivity index is 1.60. The highest BCUT2D eigenvalue weighted by Crippen LogP contribution is 2.33. The smallest absolute Gasteiger partial charge is 0.278 e. The molecule has 0 bridgehead atoms. The topological polar surface area (TPSA) is 107 Å². The van der Waals surface area contributed by atoms with Crippen molar-refractivity contribution in [1.82, 2.24) is 19.4 Å². The summed E-state index contributed by atoms with van der Waals surface area (Å²) in [5.41, 5.74) is 9.16. The third kappa shape index (κ3) is 4.38. The van der Waals surface area contributed by atoms with Gasteiger partial charge in [-0.1, -0.05) is 42.5 Å². The number of hydrogen-bond acceptors (Lipinski definition) is 7. The lowest BCUT2D eigenvalue weighted by atomic mass is 10.1. The standard InChI is InChI=1S/C26H28N6O3/c1-35-20-9-5-8-19(14-20)21(33)16-31-17-29-23-22(27)25(30-12-10-28-11-13-30)32(24(23)26(31)34)15-18-6-3-2-4-7-18/h2-9,14,17,28H,10-13,15-16,27H2,1H3. The number of anilines is 2. The summed E-state index contributed by atoms with van der Waals surface area (Å²) in [4.78, 5) is 33.4. The number of fused-ring (bicyclic) bond motifs is 1. The van der Waals surface area contributed by atoms with Crippen LogP contribution in [-0.2, 0) is 13.1 Å². The Morgan fingerprint density at radius 2 is 1.89 bits per heavy atom. The van der Waals surface area contributed by atoms with Crippen molar-refractivity contribution in [2.45, 2.75) is 13.1 Å². The van der Waals surface area contributed by atoms with Crippen LogP contribution in [-0.4, -0.2) is 53.2 Å². The van der Waals surface area contributed by atoms with Gasteiger partial charge in [0.2, 0.25) is 0 Å². The number of hydrogen-bond donors (Lipinski definition) is 2. The monoisotopic (exact) mass is 472 g/mol. The molecule has 35 heavy (non-hydrogen) atoms. The summed E-state index contributed by atoms with van der Waals surface area (Å²) in [6.45, 7) is 3.56. The second kappa shape index (κ2) is 9.63. The number of nitrogens with two attached hydrogens (primary N) is 1. The zero-order chi connectivity index (χ0) is 24.4. The third-order valence-corrected chi connectivity index (χ3v) is 6.34. The highest BCUT2D eigenvalue weighted by atomic mass is 16.5. The van der Waals surface area contributed by atoms with E-state index < -0.39 is 0 Å². The Hall–Kier alpha value is -4.11. The van der Waals surface area contributed by atoms with Gasteiger partial charge in [0.15, 0.2) is 5.78 Å². The van der Waals surface area contributed by atoms with Gasteiger partial charge in [0, 0.05) is 38.3 Å². The fourth-order valence-corrected chi connectivity index (χ4v) is 4.57. The van der Waals surface area contributed by atoms with Gasteiger partial charge in [-0.15, -0.1) is 0 Å². The number of rotatable bonds is 7. The highest BCUT2D eigenvalue weighted by Gasteiger charge is 2.25. The van der Waals surface area contributed by atoms with E-state index in [4.69, 9.17) is 10.5 Å². The summed E-state index contributed by atoms with van der Waals surface area (Å²) in [7, 11) is 1.55. The molecule has 1 fully saturated rings. The fraction of sp³-hybridized carbons (Fsp3) is 0.269. The third-order valence-electron chi connectivity index (χ3n) is 6.34. The molecule has 1 aliphatic heterocycles. The molecule has 2 aromatic carbocycles. The van der Waals surface area contributed by atoms with Crippen LogP contribution in [0, 0.1) is 0 Å². The number of nitrogens with zero attached hydrogens (tertiary/aromatic N) is 4. The van der Waals surface area contributed by atoms with Gasteiger partial charge in [0.05, 0.1) is 20.0 Å². The largest absolute Gasteiger partial charge is 0.497 e. The second-order valence-electron chi connectivity index (χ2n) is 8.58. The van der Waals surface area contributed by atoms with Crippen LogP contribution in [0.3, 0.4) is 0 Å². The molecule has 9 nitrogen and oxygen atoms in total. The van der Waals surface area contributed by atoms with Gasteiger partial charge in [0.25, 0.3) is 5.56 Å². The van der Waals surface area contributed by atoms with Crippen molar-refractivity contribution in [2.75, 3.05) is 43.9 Å². The van der Waals surface area contributed by atoms with Crippen LogP contribution in [0.4, 0.5) is 11.5 Å². The van der Waals surface area contributed by atoms with Gasteiger partial charge in [-0.3, -0.25) is 14.2 Å².